The molecule has 1 fully saturated rings. The van der Waals surface area contributed by atoms with Gasteiger partial charge in [0.05, 0.1) is 11.6 Å². The van der Waals surface area contributed by atoms with Gasteiger partial charge in [0.1, 0.15) is 18.7 Å². The molecule has 0 spiro atoms. The maximum Gasteiger partial charge on any atom is 0.242 e. The van der Waals surface area contributed by atoms with Gasteiger partial charge in [-0.3, -0.25) is 9.59 Å². The zero-order valence-electron chi connectivity index (χ0n) is 15.6. The molecule has 3 aromatic rings. The zero-order chi connectivity index (χ0) is 19.5. The minimum Gasteiger partial charge on any atom is -0.372 e. The molecule has 2 N–H and O–H groups in total. The number of hydrogen-bond acceptors (Lipinski definition) is 6. The summed E-state index contributed by atoms with van der Waals surface area (Å²) in [6.45, 7) is 1.19. The third-order valence-corrected chi connectivity index (χ3v) is 4.75. The molecule has 1 aliphatic rings. The van der Waals surface area contributed by atoms with Crippen molar-refractivity contribution in [1.29, 1.82) is 0 Å². The molecular weight excluding hydrogens is 358 g/mol. The van der Waals surface area contributed by atoms with Crippen LogP contribution in [0.4, 0.5) is 11.5 Å². The number of rotatable bonds is 6. The molecule has 1 aromatic carbocycles. The lowest BCUT2D eigenvalue weighted by atomic mass is 10.2. The normalized spacial score (nSPS) is 13.9. The topological polar surface area (TPSA) is 105 Å². The molecule has 1 aliphatic heterocycles. The van der Waals surface area contributed by atoms with Gasteiger partial charge >= 0.3 is 0 Å². The fraction of sp³-hybridized carbons (Fsp3) is 0.316. The Kier molecular flexibility index (Phi) is 4.88. The van der Waals surface area contributed by atoms with Crippen molar-refractivity contribution in [3.63, 3.8) is 0 Å². The molecule has 1 saturated heterocycles. The average molecular weight is 379 g/mol. The number of fused-ring (bicyclic) bond motifs is 1. The lowest BCUT2D eigenvalue weighted by molar-refractivity contribution is -0.122. The number of nitrogens with zero attached hydrogens (tertiary/aromatic N) is 5. The van der Waals surface area contributed by atoms with Crippen LogP contribution in [0.15, 0.2) is 36.8 Å². The second-order valence-corrected chi connectivity index (χ2v) is 6.61. The van der Waals surface area contributed by atoms with Crippen LogP contribution in [-0.2, 0) is 22.7 Å². The van der Waals surface area contributed by atoms with Crippen molar-refractivity contribution in [2.45, 2.75) is 25.9 Å². The lowest BCUT2D eigenvalue weighted by Crippen LogP contribution is -2.28. The SMILES string of the molecule is CNc1ncnc2c1cnn2CC(=O)NCc1cccc(N2CCCC2=O)c1. The van der Waals surface area contributed by atoms with Gasteiger partial charge in [-0.25, -0.2) is 14.6 Å². The maximum atomic E-state index is 12.4. The molecule has 0 aliphatic carbocycles. The number of carbonyl (C=O) groups is 2. The van der Waals surface area contributed by atoms with Crippen LogP contribution in [0.2, 0.25) is 0 Å². The van der Waals surface area contributed by atoms with Crippen molar-refractivity contribution < 1.29 is 9.59 Å². The minimum absolute atomic E-state index is 0.0635. The van der Waals surface area contributed by atoms with Crippen LogP contribution in [0.1, 0.15) is 18.4 Å². The van der Waals surface area contributed by atoms with Crippen LogP contribution < -0.4 is 15.5 Å². The highest BCUT2D eigenvalue weighted by Crippen LogP contribution is 2.22. The van der Waals surface area contributed by atoms with E-state index in [-0.39, 0.29) is 18.4 Å². The Morgan fingerprint density at radius 1 is 1.29 bits per heavy atom. The number of carbonyl (C=O) groups excluding carboxylic acids is 2. The summed E-state index contributed by atoms with van der Waals surface area (Å²) in [5.74, 6) is 0.650. The highest BCUT2D eigenvalue weighted by Gasteiger charge is 2.21. The molecule has 144 valence electrons. The van der Waals surface area contributed by atoms with Gasteiger partial charge in [0.15, 0.2) is 5.65 Å². The Hall–Kier alpha value is -3.49. The molecule has 2 aromatic heterocycles. The first-order chi connectivity index (χ1) is 13.7. The van der Waals surface area contributed by atoms with Gasteiger partial charge < -0.3 is 15.5 Å². The molecule has 9 heteroatoms. The largest absolute Gasteiger partial charge is 0.372 e. The second kappa shape index (κ2) is 7.63. The Morgan fingerprint density at radius 2 is 2.18 bits per heavy atom. The summed E-state index contributed by atoms with van der Waals surface area (Å²) in [6.07, 6.45) is 4.56. The third kappa shape index (κ3) is 3.51. The number of aromatic nitrogens is 4. The van der Waals surface area contributed by atoms with E-state index in [9.17, 15) is 9.59 Å². The summed E-state index contributed by atoms with van der Waals surface area (Å²) in [6, 6.07) is 7.70. The van der Waals surface area contributed by atoms with E-state index in [0.717, 1.165) is 29.6 Å². The standard InChI is InChI=1S/C19H21N7O2/c1-20-18-15-10-24-26(19(15)23-12-22-18)11-16(27)21-9-13-4-2-5-14(8-13)25-7-3-6-17(25)28/h2,4-5,8,10,12H,3,6-7,9,11H2,1H3,(H,21,27)(H,20,22,23). The van der Waals surface area contributed by atoms with E-state index in [1.165, 1.54) is 6.33 Å². The van der Waals surface area contributed by atoms with Crippen LogP contribution in [0.5, 0.6) is 0 Å². The molecule has 28 heavy (non-hydrogen) atoms. The van der Waals surface area contributed by atoms with Gasteiger partial charge in [-0.05, 0) is 24.1 Å². The average Bonchev–Trinajstić information content (AvgIpc) is 3.33. The first-order valence-electron chi connectivity index (χ1n) is 9.16. The summed E-state index contributed by atoms with van der Waals surface area (Å²) in [5, 5.41) is 10.9. The van der Waals surface area contributed by atoms with E-state index in [4.69, 9.17) is 0 Å². The van der Waals surface area contributed by atoms with Gasteiger partial charge in [0.2, 0.25) is 11.8 Å². The highest BCUT2D eigenvalue weighted by molar-refractivity contribution is 5.95. The molecule has 9 nitrogen and oxygen atoms in total. The Balaban J connectivity index is 1.41. The van der Waals surface area contributed by atoms with Gasteiger partial charge in [-0.1, -0.05) is 12.1 Å². The van der Waals surface area contributed by atoms with E-state index in [1.807, 2.05) is 24.3 Å². The molecule has 0 atom stereocenters. The van der Waals surface area contributed by atoms with Crippen LogP contribution in [0.3, 0.4) is 0 Å². The van der Waals surface area contributed by atoms with E-state index in [1.54, 1.807) is 22.8 Å². The predicted molar refractivity (Wildman–Crippen MR) is 105 cm³/mol. The first-order valence-corrected chi connectivity index (χ1v) is 9.16. The van der Waals surface area contributed by atoms with Crippen LogP contribution in [0, 0.1) is 0 Å². The summed E-state index contributed by atoms with van der Waals surface area (Å²) < 4.78 is 1.55. The van der Waals surface area contributed by atoms with Crippen molar-refractivity contribution in [3.05, 3.63) is 42.4 Å². The van der Waals surface area contributed by atoms with Gasteiger partial charge in [0, 0.05) is 32.2 Å². The van der Waals surface area contributed by atoms with Crippen molar-refractivity contribution in [1.82, 2.24) is 25.1 Å². The maximum absolute atomic E-state index is 12.4. The number of anilines is 2. The van der Waals surface area contributed by atoms with Crippen LogP contribution in [-0.4, -0.2) is 45.2 Å². The van der Waals surface area contributed by atoms with Crippen molar-refractivity contribution in [2.24, 2.45) is 0 Å². The first kappa shape index (κ1) is 17.9. The molecular formula is C19H21N7O2. The quantitative estimate of drug-likeness (QED) is 0.669. The minimum atomic E-state index is -0.169. The van der Waals surface area contributed by atoms with E-state index < -0.39 is 0 Å². The molecule has 0 unspecified atom stereocenters. The summed E-state index contributed by atoms with van der Waals surface area (Å²) in [7, 11) is 1.77. The van der Waals surface area contributed by atoms with Crippen molar-refractivity contribution >= 4 is 34.4 Å². The number of nitrogens with one attached hydrogen (secondary N) is 2. The molecule has 0 radical (unpaired) electrons. The van der Waals surface area contributed by atoms with Gasteiger partial charge in [-0.2, -0.15) is 5.10 Å². The smallest absolute Gasteiger partial charge is 0.242 e. The Labute approximate surface area is 161 Å². The van der Waals surface area contributed by atoms with Crippen LogP contribution >= 0.6 is 0 Å². The second-order valence-electron chi connectivity index (χ2n) is 6.61. The number of hydrogen-bond donors (Lipinski definition) is 2. The van der Waals surface area contributed by atoms with Crippen LogP contribution in [0.25, 0.3) is 11.0 Å². The van der Waals surface area contributed by atoms with Gasteiger partial charge in [-0.15, -0.1) is 0 Å². The predicted octanol–water partition coefficient (Wildman–Crippen LogP) is 1.31. The van der Waals surface area contributed by atoms with Crippen molar-refractivity contribution in [3.8, 4) is 0 Å². The zero-order valence-corrected chi connectivity index (χ0v) is 15.6. The molecule has 3 heterocycles. The van der Waals surface area contributed by atoms with Crippen molar-refractivity contribution in [2.75, 3.05) is 23.8 Å². The molecule has 2 amide bonds. The highest BCUT2D eigenvalue weighted by atomic mass is 16.2. The lowest BCUT2D eigenvalue weighted by Gasteiger charge is -2.16. The monoisotopic (exact) mass is 379 g/mol. The number of benzene rings is 1. The third-order valence-electron chi connectivity index (χ3n) is 4.75. The Morgan fingerprint density at radius 3 is 2.96 bits per heavy atom. The van der Waals surface area contributed by atoms with E-state index in [2.05, 4.69) is 25.7 Å². The van der Waals surface area contributed by atoms with E-state index in [0.29, 0.717) is 24.4 Å². The summed E-state index contributed by atoms with van der Waals surface area (Å²) in [4.78, 5) is 34.4. The summed E-state index contributed by atoms with van der Waals surface area (Å²) >= 11 is 0. The molecule has 4 rings (SSSR count). The fourth-order valence-corrected chi connectivity index (χ4v) is 3.36. The number of amides is 2. The summed E-state index contributed by atoms with van der Waals surface area (Å²) in [5.41, 5.74) is 2.42. The Bertz CT molecular complexity index is 1030. The van der Waals surface area contributed by atoms with Gasteiger partial charge in [0.25, 0.3) is 0 Å². The molecule has 0 saturated carbocycles. The van der Waals surface area contributed by atoms with E-state index >= 15 is 0 Å². The fourth-order valence-electron chi connectivity index (χ4n) is 3.36. The molecule has 0 bridgehead atoms.